The van der Waals surface area contributed by atoms with E-state index in [0.717, 1.165) is 45.0 Å². The summed E-state index contributed by atoms with van der Waals surface area (Å²) in [6.07, 6.45) is 4.78. The number of fused-ring (bicyclic) bond motifs is 3. The summed E-state index contributed by atoms with van der Waals surface area (Å²) in [7, 11) is 1.97. The lowest BCUT2D eigenvalue weighted by Gasteiger charge is -2.29. The van der Waals surface area contributed by atoms with Crippen LogP contribution in [0.4, 0.5) is 28.7 Å². The Bertz CT molecular complexity index is 2590. The van der Waals surface area contributed by atoms with Gasteiger partial charge in [0.15, 0.2) is 0 Å². The summed E-state index contributed by atoms with van der Waals surface area (Å²) >= 11 is 0. The molecular weight excluding hydrogens is 835 g/mol. The molecule has 0 spiro atoms. The molecule has 3 aliphatic rings. The van der Waals surface area contributed by atoms with Gasteiger partial charge in [-0.15, -0.1) is 0 Å². The van der Waals surface area contributed by atoms with Gasteiger partial charge in [0.2, 0.25) is 23.7 Å². The number of benzene rings is 3. The van der Waals surface area contributed by atoms with Gasteiger partial charge < -0.3 is 44.4 Å². The zero-order chi connectivity index (χ0) is 45.5. The largest absolute Gasteiger partial charge is 0.383 e. The van der Waals surface area contributed by atoms with Gasteiger partial charge in [-0.1, -0.05) is 24.3 Å². The summed E-state index contributed by atoms with van der Waals surface area (Å²) in [5.41, 5.74) is 9.33. The van der Waals surface area contributed by atoms with E-state index >= 15 is 0 Å². The van der Waals surface area contributed by atoms with Crippen molar-refractivity contribution in [1.29, 1.82) is 0 Å². The summed E-state index contributed by atoms with van der Waals surface area (Å²) in [5, 5.41) is 13.2. The zero-order valence-corrected chi connectivity index (χ0v) is 36.7. The van der Waals surface area contributed by atoms with Crippen molar-refractivity contribution >= 4 is 69.3 Å². The predicted octanol–water partition coefficient (Wildman–Crippen LogP) is 4.54. The number of nitrogens with zero attached hydrogens (tertiary/aromatic N) is 5. The lowest BCUT2D eigenvalue weighted by Crippen LogP contribution is -2.54. The molecule has 0 bridgehead atoms. The van der Waals surface area contributed by atoms with E-state index in [9.17, 15) is 24.0 Å². The van der Waals surface area contributed by atoms with Gasteiger partial charge in [-0.2, -0.15) is 4.98 Å². The third-order valence-corrected chi connectivity index (χ3v) is 11.6. The van der Waals surface area contributed by atoms with Crippen molar-refractivity contribution in [2.45, 2.75) is 45.7 Å². The molecule has 5 heterocycles. The zero-order valence-electron chi connectivity index (χ0n) is 36.7. The molecule has 65 heavy (non-hydrogen) atoms. The first-order chi connectivity index (χ1) is 31.5. The number of amides is 5. The number of nitrogens with one attached hydrogen (secondary N) is 4. The van der Waals surface area contributed by atoms with E-state index in [4.69, 9.17) is 23.9 Å². The molecule has 2 aromatic heterocycles. The van der Waals surface area contributed by atoms with Crippen LogP contribution in [0.1, 0.15) is 55.8 Å². The van der Waals surface area contributed by atoms with Gasteiger partial charge in [0.25, 0.3) is 11.8 Å². The number of anilines is 5. The second-order valence-corrected chi connectivity index (χ2v) is 16.2. The van der Waals surface area contributed by atoms with E-state index in [2.05, 4.69) is 70.4 Å². The van der Waals surface area contributed by atoms with Crippen LogP contribution in [0.3, 0.4) is 0 Å². The average Bonchev–Trinajstić information content (AvgIpc) is 3.74. The van der Waals surface area contributed by atoms with Gasteiger partial charge in [0.05, 0.1) is 68.4 Å². The number of rotatable bonds is 20. The number of hydrogen-bond acceptors (Lipinski definition) is 14. The fourth-order valence-electron chi connectivity index (χ4n) is 8.20. The SMILES string of the molecule is Cc1cccc(C)c1Nc1cn(C)c2nc(Nc3ccc4c(c3)CN(C(=O)COCCOCCOCCOCCNc3ccc5c(c3)C(=O)N(C3CCC(=O)NC3=O)C5=O)CC4)ncc12. The second kappa shape index (κ2) is 20.4. The number of aromatic nitrogens is 3. The van der Waals surface area contributed by atoms with E-state index in [1.807, 2.05) is 35.0 Å². The lowest BCUT2D eigenvalue weighted by molar-refractivity contribution is -0.138. The third kappa shape index (κ3) is 10.5. The fraction of sp³-hybridized carbons (Fsp3) is 0.383. The number of para-hydroxylation sites is 1. The average molecular weight is 888 g/mol. The summed E-state index contributed by atoms with van der Waals surface area (Å²) in [6.45, 7) is 8.18. The van der Waals surface area contributed by atoms with Crippen molar-refractivity contribution in [3.05, 3.63) is 100 Å². The normalized spacial score (nSPS) is 15.9. The van der Waals surface area contributed by atoms with Crippen molar-refractivity contribution in [2.24, 2.45) is 7.05 Å². The molecule has 5 amide bonds. The molecule has 18 heteroatoms. The van der Waals surface area contributed by atoms with Gasteiger partial charge in [-0.3, -0.25) is 34.2 Å². The molecule has 0 saturated carbocycles. The molecule has 3 aliphatic heterocycles. The topological polar surface area (TPSA) is 208 Å². The fourth-order valence-corrected chi connectivity index (χ4v) is 8.20. The number of carbonyl (C=O) groups excluding carboxylic acids is 5. The Morgan fingerprint density at radius 3 is 2.26 bits per heavy atom. The minimum atomic E-state index is -1.01. The highest BCUT2D eigenvalue weighted by Crippen LogP contribution is 2.32. The van der Waals surface area contributed by atoms with Gasteiger partial charge in [-0.05, 0) is 79.3 Å². The molecule has 340 valence electrons. The molecule has 0 radical (unpaired) electrons. The van der Waals surface area contributed by atoms with E-state index < -0.39 is 29.7 Å². The molecule has 1 unspecified atom stereocenters. The maximum atomic E-state index is 13.0. The number of piperidine rings is 1. The first-order valence-electron chi connectivity index (χ1n) is 21.8. The van der Waals surface area contributed by atoms with Crippen LogP contribution in [0.15, 0.2) is 67.0 Å². The van der Waals surface area contributed by atoms with E-state index in [0.29, 0.717) is 70.9 Å². The highest BCUT2D eigenvalue weighted by molar-refractivity contribution is 6.23. The minimum Gasteiger partial charge on any atom is -0.383 e. The smallest absolute Gasteiger partial charge is 0.262 e. The minimum absolute atomic E-state index is 0.0302. The number of aryl methyl sites for hydroxylation is 3. The molecule has 4 N–H and O–H groups in total. The highest BCUT2D eigenvalue weighted by atomic mass is 16.6. The van der Waals surface area contributed by atoms with Crippen molar-refractivity contribution < 1.29 is 42.9 Å². The molecule has 5 aromatic rings. The molecule has 1 atom stereocenters. The first-order valence-corrected chi connectivity index (χ1v) is 21.8. The maximum absolute atomic E-state index is 13.0. The van der Waals surface area contributed by atoms with Crippen LogP contribution < -0.4 is 21.3 Å². The molecule has 1 saturated heterocycles. The van der Waals surface area contributed by atoms with E-state index in [1.165, 1.54) is 16.7 Å². The van der Waals surface area contributed by atoms with Crippen LogP contribution >= 0.6 is 0 Å². The van der Waals surface area contributed by atoms with Crippen LogP contribution in [-0.2, 0) is 53.3 Å². The Labute approximate surface area is 375 Å². The lowest BCUT2D eigenvalue weighted by atomic mass is 9.99. The van der Waals surface area contributed by atoms with Gasteiger partial charge in [-0.25, -0.2) is 4.98 Å². The maximum Gasteiger partial charge on any atom is 0.262 e. The van der Waals surface area contributed by atoms with Crippen LogP contribution in [0.2, 0.25) is 0 Å². The third-order valence-electron chi connectivity index (χ3n) is 11.6. The van der Waals surface area contributed by atoms with Gasteiger partial charge >= 0.3 is 0 Å². The molecular formula is C47H53N9O9. The highest BCUT2D eigenvalue weighted by Gasteiger charge is 2.44. The van der Waals surface area contributed by atoms with Crippen molar-refractivity contribution in [1.82, 2.24) is 29.7 Å². The number of ether oxygens (including phenoxy) is 4. The predicted molar refractivity (Wildman–Crippen MR) is 241 cm³/mol. The van der Waals surface area contributed by atoms with Crippen molar-refractivity contribution in [3.63, 3.8) is 0 Å². The Morgan fingerprint density at radius 1 is 0.800 bits per heavy atom. The van der Waals surface area contributed by atoms with Crippen LogP contribution in [-0.4, -0.2) is 126 Å². The summed E-state index contributed by atoms with van der Waals surface area (Å²) in [4.78, 5) is 75.0. The summed E-state index contributed by atoms with van der Waals surface area (Å²) in [5.74, 6) is -1.75. The number of imide groups is 2. The van der Waals surface area contributed by atoms with Crippen molar-refractivity contribution in [3.8, 4) is 0 Å². The molecule has 18 nitrogen and oxygen atoms in total. The first kappa shape index (κ1) is 44.9. The van der Waals surface area contributed by atoms with Gasteiger partial charge in [0.1, 0.15) is 18.3 Å². The van der Waals surface area contributed by atoms with Gasteiger partial charge in [0, 0.05) is 62.6 Å². The van der Waals surface area contributed by atoms with Crippen LogP contribution in [0, 0.1) is 13.8 Å². The second-order valence-electron chi connectivity index (χ2n) is 16.2. The van der Waals surface area contributed by atoms with Crippen LogP contribution in [0.5, 0.6) is 0 Å². The monoisotopic (exact) mass is 887 g/mol. The molecule has 8 rings (SSSR count). The standard InChI is InChI=1S/C47H53N9O9/c1-29-5-4-6-30(2)42(29)51-38-27-54(3)43-37(38)25-49-47(53-43)50-34-8-7-31-13-15-55(26-32(31)23-34)41(58)28-65-22-21-64-20-19-63-18-17-62-16-14-48-33-9-10-35-36(24-33)46(61)56(45(35)60)39-11-12-40(57)52-44(39)59/h4-10,23-25,27,39,48,51H,11-22,26,28H2,1-3H3,(H,49,50,53)(H,52,57,59). The Balaban J connectivity index is 0.674. The van der Waals surface area contributed by atoms with E-state index in [-0.39, 0.29) is 43.1 Å². The molecule has 3 aromatic carbocycles. The number of hydrogen-bond donors (Lipinski definition) is 4. The quantitative estimate of drug-likeness (QED) is 0.0626. The summed E-state index contributed by atoms with van der Waals surface area (Å²) in [6, 6.07) is 16.2. The van der Waals surface area contributed by atoms with E-state index in [1.54, 1.807) is 18.2 Å². The summed E-state index contributed by atoms with van der Waals surface area (Å²) < 4.78 is 24.4. The Morgan fingerprint density at radius 2 is 1.51 bits per heavy atom. The molecule has 0 aliphatic carbocycles. The van der Waals surface area contributed by atoms with Crippen molar-refractivity contribution in [2.75, 3.05) is 81.9 Å². The number of carbonyl (C=O) groups is 5. The Kier molecular flexibility index (Phi) is 14.1. The Hall–Kier alpha value is -6.73. The van der Waals surface area contributed by atoms with Crippen LogP contribution in [0.25, 0.3) is 11.0 Å². The molecule has 1 fully saturated rings.